The van der Waals surface area contributed by atoms with Crippen LogP contribution < -0.4 is 65.1 Å². The Bertz CT molecular complexity index is 5290. The number of allylic oxidation sites excluding steroid dienone is 1. The molecule has 0 spiro atoms. The van der Waals surface area contributed by atoms with Crippen LogP contribution in [0.3, 0.4) is 0 Å². The number of nitrogens with two attached hydrogens (primary N) is 2. The second-order valence-electron chi connectivity index (χ2n) is 41.9. The highest BCUT2D eigenvalue weighted by Crippen LogP contribution is 2.60. The molecule has 5 aliphatic carbocycles. The lowest BCUT2D eigenvalue weighted by molar-refractivity contribution is -0.343. The molecule has 0 radical (unpaired) electrons. The number of nitrogens with zero attached hydrogens (tertiary/aromatic N) is 1. The standard InChI is InChI=1S/C109H155N11O27.H3N/c1-65(2)90(100(136)115-79(27-17-48-113-105(111)139)98(134)116-80(61-121)99(135)114-73-37-34-69-36-40-86-107(5,77(69)59-73)44-20-46-109(86,7)104(138)119-103(137)108(6)45-19-43-106(4)76-57-66(3)30-31-68(76)35-39-85(106)108)118-97(133)71(58-75(125)42-50-141-52-54-143-56-55-142-53-51-140-49-18-25-74(124)38-41-88(127)120-60-72-24-12-11-21-67(72)32-33-70-22-13-14-28-81(70)120)23-15-16-47-112-87(126)64-144-82-29-10-8-9-26-78(89(82)110)117-101-94(131)93(130)96(84(63-123)145-101)147-102-95(132)92(129)91(128)83(62-122)146-102;/h11-14,21-22,24,28,30-31,34,37,57,59,65,71,79-80,82-86,90-96,101-102,117,121-123,128-132H,8-10,15-20,23,25-27,29,35-36,38-56,58,60-64,110H2,1-7H3,(H,112,126)(H,114,135)(H,115,136)(H,116,134)(H,118,133)(H3,111,113,139)(H,119,137,138);1H3/t71-,79-,80-,82?,83+,84+,85+,86+,90-,91+,92-,93+,94+,95+,96+,101-,102+,106+,107+,108-,109-;/m0./s1. The lowest BCUT2D eigenvalue weighted by atomic mass is 9.49. The van der Waals surface area contributed by atoms with Crippen molar-refractivity contribution in [3.8, 4) is 11.8 Å². The van der Waals surface area contributed by atoms with Crippen molar-refractivity contribution in [1.29, 1.82) is 0 Å². The molecule has 4 aromatic carbocycles. The van der Waals surface area contributed by atoms with Crippen molar-refractivity contribution in [3.63, 3.8) is 0 Å². The van der Waals surface area contributed by atoms with Gasteiger partial charge in [-0.2, -0.15) is 0 Å². The molecule has 2 saturated carbocycles. The number of aliphatic hydroxyl groups is 8. The predicted octanol–water partition coefficient (Wildman–Crippen LogP) is 5.14. The van der Waals surface area contributed by atoms with Crippen molar-refractivity contribution in [1.82, 2.24) is 43.4 Å². The van der Waals surface area contributed by atoms with Crippen molar-refractivity contribution in [2.45, 2.75) is 318 Å². The quantitative estimate of drug-likeness (QED) is 0.0155. The number of benzene rings is 4. The first-order valence-corrected chi connectivity index (χ1v) is 52.4. The van der Waals surface area contributed by atoms with Crippen LogP contribution in [0.2, 0.25) is 0 Å². The molecule has 3 heterocycles. The summed E-state index contributed by atoms with van der Waals surface area (Å²) in [6.45, 7) is 13.0. The van der Waals surface area contributed by atoms with Gasteiger partial charge in [0.25, 0.3) is 0 Å². The number of carbonyl (C=O) groups is 11. The Hall–Kier alpha value is -10.3. The van der Waals surface area contributed by atoms with E-state index in [9.17, 15) is 88.8 Å². The van der Waals surface area contributed by atoms with Gasteiger partial charge < -0.3 is 138 Å². The van der Waals surface area contributed by atoms with Crippen molar-refractivity contribution in [3.05, 3.63) is 141 Å². The van der Waals surface area contributed by atoms with Crippen LogP contribution in [0.15, 0.2) is 96.3 Å². The smallest absolute Gasteiger partial charge is 0.312 e. The molecule has 12 rings (SSSR count). The van der Waals surface area contributed by atoms with E-state index >= 15 is 4.79 Å². The van der Waals surface area contributed by atoms with E-state index in [1.54, 1.807) is 24.8 Å². The number of unbranched alkanes of at least 4 members (excludes halogenated alkanes) is 1. The number of aliphatic hydroxyl groups excluding tert-OH is 8. The molecular weight excluding hydrogens is 1910 g/mol. The fourth-order valence-corrected chi connectivity index (χ4v) is 22.8. The summed E-state index contributed by atoms with van der Waals surface area (Å²) in [5.41, 5.74) is 19.6. The molecule has 3 aliphatic heterocycles. The van der Waals surface area contributed by atoms with E-state index in [2.05, 4.69) is 93.3 Å². The molecular formula is C109H158N12O27. The minimum atomic E-state index is -1.86. The van der Waals surface area contributed by atoms with Crippen LogP contribution in [0, 0.1) is 53.3 Å². The minimum absolute atomic E-state index is 0. The van der Waals surface area contributed by atoms with Gasteiger partial charge in [0.2, 0.25) is 47.3 Å². The summed E-state index contributed by atoms with van der Waals surface area (Å²) in [6, 6.07) is 22.2. The number of carbonyl (C=O) groups excluding carboxylic acids is 11. The lowest BCUT2D eigenvalue weighted by Crippen LogP contribution is -2.66. The Morgan fingerprint density at radius 2 is 1.16 bits per heavy atom. The zero-order chi connectivity index (χ0) is 106. The van der Waals surface area contributed by atoms with Crippen LogP contribution in [-0.4, -0.2) is 284 Å². The number of anilines is 2. The van der Waals surface area contributed by atoms with E-state index < -0.39 is 176 Å². The highest BCUT2D eigenvalue weighted by molar-refractivity contribution is 6.02. The molecule has 10 amide bonds. The van der Waals surface area contributed by atoms with Crippen molar-refractivity contribution in [2.24, 2.45) is 46.0 Å². The number of primary amides is 1. The Morgan fingerprint density at radius 1 is 0.547 bits per heavy atom. The summed E-state index contributed by atoms with van der Waals surface area (Å²) in [7, 11) is 0. The molecule has 0 aromatic heterocycles. The molecule has 39 nitrogen and oxygen atoms in total. The zero-order valence-electron chi connectivity index (χ0n) is 86.6. The predicted molar refractivity (Wildman–Crippen MR) is 546 cm³/mol. The molecule has 39 heteroatoms. The van der Waals surface area contributed by atoms with Gasteiger partial charge in [0, 0.05) is 80.2 Å². The molecule has 148 heavy (non-hydrogen) atoms. The van der Waals surface area contributed by atoms with Gasteiger partial charge in [-0.05, 0) is 196 Å². The summed E-state index contributed by atoms with van der Waals surface area (Å²) in [5.74, 6) is -0.191. The fraction of sp³-hybridized carbons (Fsp3) is 0.642. The van der Waals surface area contributed by atoms with Crippen molar-refractivity contribution >= 4 is 76.2 Å². The summed E-state index contributed by atoms with van der Waals surface area (Å²) in [6.07, 6.45) is -5.87. The molecule has 2 saturated heterocycles. The van der Waals surface area contributed by atoms with Crippen LogP contribution in [-0.2, 0) is 116 Å². The number of ketones is 2. The molecule has 21 atom stereocenters. The van der Waals surface area contributed by atoms with E-state index in [-0.39, 0.29) is 176 Å². The van der Waals surface area contributed by atoms with Crippen LogP contribution >= 0.6 is 0 Å². The van der Waals surface area contributed by atoms with Crippen LogP contribution in [0.25, 0.3) is 0 Å². The Morgan fingerprint density at radius 3 is 1.82 bits per heavy atom. The summed E-state index contributed by atoms with van der Waals surface area (Å²) in [5, 5.41) is 108. The van der Waals surface area contributed by atoms with E-state index in [4.69, 9.17) is 49.4 Å². The minimum Gasteiger partial charge on any atom is -0.399 e. The average molecular weight is 2070 g/mol. The Balaban J connectivity index is 0.0000208. The average Bonchev–Trinajstić information content (AvgIpc) is 0.717. The maximum atomic E-state index is 15.1. The molecule has 23 N–H and O–H groups in total. The number of nitrogens with one attached hydrogen (secondary N) is 8. The first-order valence-electron chi connectivity index (χ1n) is 52.4. The maximum Gasteiger partial charge on any atom is 0.312 e. The summed E-state index contributed by atoms with van der Waals surface area (Å²) < 4.78 is 46.1. The lowest BCUT2D eigenvalue weighted by Gasteiger charge is -2.56. The highest BCUT2D eigenvalue weighted by atomic mass is 16.7. The fourth-order valence-electron chi connectivity index (χ4n) is 22.8. The number of ether oxygens (including phenoxy) is 8. The van der Waals surface area contributed by atoms with Gasteiger partial charge in [-0.25, -0.2) is 4.79 Å². The van der Waals surface area contributed by atoms with Crippen molar-refractivity contribution < 1.29 is 131 Å². The van der Waals surface area contributed by atoms with Gasteiger partial charge >= 0.3 is 6.03 Å². The number of rotatable bonds is 51. The van der Waals surface area contributed by atoms with Crippen molar-refractivity contribution in [2.75, 3.05) is 103 Å². The van der Waals surface area contributed by atoms with Gasteiger partial charge in [0.15, 0.2) is 12.5 Å². The first-order chi connectivity index (χ1) is 70.4. The third kappa shape index (κ3) is 30.2. The molecule has 816 valence electrons. The topological polar surface area (TPSA) is 610 Å². The number of imide groups is 1. The van der Waals surface area contributed by atoms with E-state index in [1.807, 2.05) is 74.5 Å². The van der Waals surface area contributed by atoms with E-state index in [1.165, 1.54) is 16.7 Å². The SMILES string of the molecule is Cc1ccc2c(c1)[C@@]1(C)CCC[C@](C)(C(=O)NC(=O)[C@@]3(C)CCC[C@]4(C)c5cc(NC(=O)[C@H](CO)NC(=O)[C@H](CCCNC(N)=O)NC(=O)[C@@H](NC(=O)[C@@H](CCCCNC(=O)COC6CCCCCC(N[C@H]7O[C@H](CO)[C@@H](O[C@H]8O[C@H](CO)[C@@H](O)[C@H](O)[C@H]8O)[C@H](O)[C@H]7O)=C6N)CC(=O)CCOCCOCCOCCOCCCC(=O)CCC(=O)N6Cc7ccccc7C#Cc7ccccc76)C(C)C)ccc5CC[C@@H]34)[C@@H]1CC2.N. The third-order valence-corrected chi connectivity index (χ3v) is 31.2. The molecule has 4 fully saturated rings. The van der Waals surface area contributed by atoms with Gasteiger partial charge in [-0.15, -0.1) is 0 Å². The third-order valence-electron chi connectivity index (χ3n) is 31.2. The normalized spacial score (nSPS) is 26.8. The van der Waals surface area contributed by atoms with Crippen LogP contribution in [0.1, 0.15) is 240 Å². The number of Topliss-reactive ketones (excluding diaryl/α,β-unsaturated/α-hetero) is 2. The number of fused-ring (bicyclic) bond motifs is 8. The van der Waals surface area contributed by atoms with Gasteiger partial charge in [-0.1, -0.05) is 146 Å². The highest BCUT2D eigenvalue weighted by Gasteiger charge is 2.60. The van der Waals surface area contributed by atoms with Crippen LogP contribution in [0.5, 0.6) is 0 Å². The van der Waals surface area contributed by atoms with Gasteiger partial charge in [0.05, 0.1) is 101 Å². The second kappa shape index (κ2) is 55.6. The largest absolute Gasteiger partial charge is 0.399 e. The maximum absolute atomic E-state index is 15.1. The second-order valence-corrected chi connectivity index (χ2v) is 41.9. The number of hydrogen-bond donors (Lipinski definition) is 19. The number of urea groups is 1. The monoisotopic (exact) mass is 2070 g/mol. The molecule has 1 unspecified atom stereocenters. The van der Waals surface area contributed by atoms with E-state index in [0.29, 0.717) is 107 Å². The molecule has 4 aromatic rings. The van der Waals surface area contributed by atoms with Crippen LogP contribution in [0.4, 0.5) is 16.2 Å². The Kier molecular flexibility index (Phi) is 44.3. The molecule has 8 aliphatic rings. The summed E-state index contributed by atoms with van der Waals surface area (Å²) >= 11 is 0. The number of aryl methyl sites for hydroxylation is 3. The van der Waals surface area contributed by atoms with Gasteiger partial charge in [0.1, 0.15) is 85.1 Å². The number of para-hydroxylation sites is 1. The Labute approximate surface area is 866 Å². The number of amides is 10. The van der Waals surface area contributed by atoms with Gasteiger partial charge in [-0.3, -0.25) is 53.3 Å². The zero-order valence-corrected chi connectivity index (χ0v) is 86.6. The summed E-state index contributed by atoms with van der Waals surface area (Å²) in [4.78, 5) is 156. The first kappa shape index (κ1) is 118. The molecule has 0 bridgehead atoms. The number of hydrogen-bond acceptors (Lipinski definition) is 30. The van der Waals surface area contributed by atoms with E-state index in [0.717, 1.165) is 59.9 Å².